The van der Waals surface area contributed by atoms with Gasteiger partial charge in [0.1, 0.15) is 0 Å². The van der Waals surface area contributed by atoms with Crippen molar-refractivity contribution in [3.8, 4) is 0 Å². The molecule has 1 heterocycles. The molecule has 0 bridgehead atoms. The Hall–Kier alpha value is -1.09. The maximum atomic E-state index is 8.05. The number of nitrogens with zero attached hydrogens (tertiary/aromatic N) is 2. The molecule has 0 saturated carbocycles. The summed E-state index contributed by atoms with van der Waals surface area (Å²) in [6.07, 6.45) is 2.91. The summed E-state index contributed by atoms with van der Waals surface area (Å²) in [5.74, 6) is 0. The predicted molar refractivity (Wildman–Crippen MR) is 33.6 cm³/mol. The predicted octanol–water partition coefficient (Wildman–Crippen LogP) is -2.11. The molecule has 1 rings (SSSR count). The first-order valence-electron chi connectivity index (χ1n) is 2.52. The van der Waals surface area contributed by atoms with Crippen LogP contribution >= 0.6 is 0 Å². The second kappa shape index (κ2) is 4.76. The molecule has 10 heavy (non-hydrogen) atoms. The van der Waals surface area contributed by atoms with E-state index >= 15 is 0 Å². The molecule has 0 saturated heterocycles. The van der Waals surface area contributed by atoms with Crippen molar-refractivity contribution in [3.63, 3.8) is 0 Å². The molecule has 3 nitrogen and oxygen atoms in total. The van der Waals surface area contributed by atoms with E-state index in [1.807, 2.05) is 6.07 Å². The fourth-order valence-electron chi connectivity index (χ4n) is 0.511. The summed E-state index contributed by atoms with van der Waals surface area (Å²) in [7, 11) is 0. The summed E-state index contributed by atoms with van der Waals surface area (Å²) in [5.41, 5.74) is 0.653. The first-order valence-corrected chi connectivity index (χ1v) is 2.52. The van der Waals surface area contributed by atoms with Gasteiger partial charge in [-0.25, -0.2) is 0 Å². The number of rotatable bonds is 1. The van der Waals surface area contributed by atoms with Crippen LogP contribution in [-0.4, -0.2) is 16.4 Å². The summed E-state index contributed by atoms with van der Waals surface area (Å²) in [4.78, 5) is 3.86. The second-order valence-electron chi connectivity index (χ2n) is 1.50. The Bertz CT molecular complexity index is 200. The van der Waals surface area contributed by atoms with Crippen LogP contribution in [0.4, 0.5) is 0 Å². The van der Waals surface area contributed by atoms with Gasteiger partial charge in [-0.15, -0.1) is 0 Å². The number of pyridine rings is 1. The van der Waals surface area contributed by atoms with Crippen LogP contribution in [0, 0.1) is 0 Å². The number of hydrogen-bond acceptors (Lipinski definition) is 3. The van der Waals surface area contributed by atoms with Crippen molar-refractivity contribution in [2.45, 2.75) is 0 Å². The zero-order valence-electron chi connectivity index (χ0n) is 5.11. The molecule has 0 spiro atoms. The molecule has 0 amide bonds. The summed E-state index contributed by atoms with van der Waals surface area (Å²) < 4.78 is 0. The Kier molecular flexibility index (Phi) is 4.24. The largest absolute Gasteiger partial charge is 1.00 e. The van der Waals surface area contributed by atoms with Crippen molar-refractivity contribution < 1.29 is 17.6 Å². The third-order valence-corrected chi connectivity index (χ3v) is 0.878. The molecular weight excluding hydrogens is 152 g/mol. The van der Waals surface area contributed by atoms with E-state index in [-0.39, 0.29) is 12.4 Å². The smallest absolute Gasteiger partial charge is 0.0918 e. The van der Waals surface area contributed by atoms with Gasteiger partial charge < -0.3 is 17.6 Å². The molecule has 0 aromatic carbocycles. The van der Waals surface area contributed by atoms with Gasteiger partial charge in [0.25, 0.3) is 0 Å². The van der Waals surface area contributed by atoms with E-state index in [0.29, 0.717) is 5.69 Å². The lowest BCUT2D eigenvalue weighted by Crippen LogP contribution is -3.00. The van der Waals surface area contributed by atoms with Crippen molar-refractivity contribution in [3.05, 3.63) is 30.1 Å². The van der Waals surface area contributed by atoms with Gasteiger partial charge in [-0.1, -0.05) is 11.2 Å². The highest BCUT2D eigenvalue weighted by atomic mass is 35.5. The minimum absolute atomic E-state index is 0. The Morgan fingerprint density at radius 3 is 2.80 bits per heavy atom. The van der Waals surface area contributed by atoms with E-state index in [0.717, 1.165) is 0 Å². The summed E-state index contributed by atoms with van der Waals surface area (Å²) >= 11 is 0. The Morgan fingerprint density at radius 1 is 1.50 bits per heavy atom. The van der Waals surface area contributed by atoms with Crippen molar-refractivity contribution >= 4 is 6.21 Å². The van der Waals surface area contributed by atoms with Gasteiger partial charge >= 0.3 is 0 Å². The van der Waals surface area contributed by atoms with Crippen LogP contribution in [-0.2, 0) is 0 Å². The average molecular weight is 158 g/mol. The van der Waals surface area contributed by atoms with Gasteiger partial charge in [0.05, 0.1) is 11.9 Å². The zero-order valence-corrected chi connectivity index (χ0v) is 5.86. The van der Waals surface area contributed by atoms with E-state index in [9.17, 15) is 0 Å². The highest BCUT2D eigenvalue weighted by Crippen LogP contribution is 1.86. The Balaban J connectivity index is 0.000000810. The topological polar surface area (TPSA) is 45.5 Å². The molecular formula is C6H6ClN2O-. The minimum atomic E-state index is 0. The summed E-state index contributed by atoms with van der Waals surface area (Å²) in [5, 5.41) is 10.9. The van der Waals surface area contributed by atoms with Crippen molar-refractivity contribution in [2.75, 3.05) is 0 Å². The number of halogens is 1. The Morgan fingerprint density at radius 2 is 2.30 bits per heavy atom. The van der Waals surface area contributed by atoms with Crippen LogP contribution in [0.3, 0.4) is 0 Å². The first-order chi connectivity index (χ1) is 4.43. The average Bonchev–Trinajstić information content (AvgIpc) is 1.91. The van der Waals surface area contributed by atoms with Crippen molar-refractivity contribution in [1.29, 1.82) is 0 Å². The molecule has 1 aromatic heterocycles. The Labute approximate surface area is 64.8 Å². The van der Waals surface area contributed by atoms with Crippen LogP contribution in [0.15, 0.2) is 29.6 Å². The van der Waals surface area contributed by atoms with Gasteiger partial charge in [-0.2, -0.15) is 0 Å². The van der Waals surface area contributed by atoms with E-state index in [1.165, 1.54) is 6.21 Å². The molecule has 0 aliphatic carbocycles. The summed E-state index contributed by atoms with van der Waals surface area (Å²) in [6.45, 7) is 0. The van der Waals surface area contributed by atoms with Crippen LogP contribution in [0.5, 0.6) is 0 Å². The van der Waals surface area contributed by atoms with Crippen LogP contribution in [0.1, 0.15) is 5.69 Å². The van der Waals surface area contributed by atoms with Crippen molar-refractivity contribution in [1.82, 2.24) is 4.98 Å². The van der Waals surface area contributed by atoms with Crippen LogP contribution < -0.4 is 12.4 Å². The van der Waals surface area contributed by atoms with Gasteiger partial charge in [0, 0.05) is 6.20 Å². The van der Waals surface area contributed by atoms with Gasteiger partial charge in [-0.05, 0) is 12.1 Å². The molecule has 1 N–H and O–H groups in total. The fourth-order valence-corrected chi connectivity index (χ4v) is 0.511. The lowest BCUT2D eigenvalue weighted by molar-refractivity contribution is -0.00000274. The van der Waals surface area contributed by atoms with E-state index in [1.54, 1.807) is 18.3 Å². The molecule has 0 aliphatic rings. The number of hydrogen-bond donors (Lipinski definition) is 1. The SMILES string of the molecule is O/N=C\c1ccccn1.[Cl-]. The van der Waals surface area contributed by atoms with Crippen LogP contribution in [0.2, 0.25) is 0 Å². The minimum Gasteiger partial charge on any atom is -1.00 e. The highest BCUT2D eigenvalue weighted by Gasteiger charge is 1.81. The molecule has 0 unspecified atom stereocenters. The first kappa shape index (κ1) is 8.91. The third kappa shape index (κ3) is 2.46. The van der Waals surface area contributed by atoms with E-state index in [2.05, 4.69) is 10.1 Å². The second-order valence-corrected chi connectivity index (χ2v) is 1.50. The third-order valence-electron chi connectivity index (χ3n) is 0.878. The molecule has 0 fully saturated rings. The van der Waals surface area contributed by atoms with Crippen LogP contribution in [0.25, 0.3) is 0 Å². The molecule has 0 aliphatic heterocycles. The summed E-state index contributed by atoms with van der Waals surface area (Å²) in [6, 6.07) is 5.37. The molecule has 1 aromatic rings. The lowest BCUT2D eigenvalue weighted by Gasteiger charge is -1.84. The highest BCUT2D eigenvalue weighted by molar-refractivity contribution is 5.75. The normalized spacial score (nSPS) is 9.20. The molecule has 4 heteroatoms. The van der Waals surface area contributed by atoms with Gasteiger partial charge in [0.2, 0.25) is 0 Å². The maximum absolute atomic E-state index is 8.05. The number of oxime groups is 1. The van der Waals surface area contributed by atoms with E-state index in [4.69, 9.17) is 5.21 Å². The monoisotopic (exact) mass is 157 g/mol. The molecule has 0 atom stereocenters. The molecule has 0 radical (unpaired) electrons. The zero-order chi connectivity index (χ0) is 6.53. The lowest BCUT2D eigenvalue weighted by atomic mass is 10.4. The fraction of sp³-hybridized carbons (Fsp3) is 0. The van der Waals surface area contributed by atoms with Crippen molar-refractivity contribution in [2.24, 2.45) is 5.16 Å². The quantitative estimate of drug-likeness (QED) is 0.288. The van der Waals surface area contributed by atoms with Gasteiger partial charge in [0.15, 0.2) is 0 Å². The molecule has 54 valence electrons. The van der Waals surface area contributed by atoms with Gasteiger partial charge in [-0.3, -0.25) is 4.98 Å². The number of aromatic nitrogens is 1. The van der Waals surface area contributed by atoms with E-state index < -0.39 is 0 Å². The standard InChI is InChI=1S/C6H6N2O.ClH/c9-8-5-6-3-1-2-4-7-6;/h1-5,9H;1H/p-1/b8-5-;. The maximum Gasteiger partial charge on any atom is 0.0918 e.